The van der Waals surface area contributed by atoms with Crippen LogP contribution in [0.1, 0.15) is 104 Å². The fourth-order valence-electron chi connectivity index (χ4n) is 14.5. The largest absolute Gasteiger partial charge is 0.310 e. The summed E-state index contributed by atoms with van der Waals surface area (Å²) in [4.78, 5) is 2.37. The molecule has 2 heterocycles. The summed E-state index contributed by atoms with van der Waals surface area (Å²) >= 11 is 0. The standard InChI is InChI=1S/C78H64N2/c1-76(2)67-29-19-20-30-74(67)80-73-42-35-53(54-33-39-63-64-41-36-59(49-71(64)78(5,6)69(63)46-54)79(57-25-15-9-16-26-57)58-27-17-10-18-28-58)44-65(73)66-45-56(48-72(76)75(66)80)55-34-40-62-61-38-32-50(43-68(61)77(3,4)70(62)47-55)31-37-60(51-21-11-7-12-22-51)52-23-13-8-14-24-52/h7-30,32-36,38-49,60H,31,37H2,1-6H3. The molecule has 0 bridgehead atoms. The first-order valence-corrected chi connectivity index (χ1v) is 28.7. The lowest BCUT2D eigenvalue weighted by atomic mass is 9.74. The highest BCUT2D eigenvalue weighted by atomic mass is 15.1. The number of fused-ring (bicyclic) bond motifs is 11. The van der Waals surface area contributed by atoms with Gasteiger partial charge in [-0.2, -0.15) is 0 Å². The lowest BCUT2D eigenvalue weighted by Gasteiger charge is -2.35. The van der Waals surface area contributed by atoms with E-state index < -0.39 is 0 Å². The van der Waals surface area contributed by atoms with Crippen LogP contribution < -0.4 is 4.90 Å². The van der Waals surface area contributed by atoms with Gasteiger partial charge in [-0.15, -0.1) is 0 Å². The van der Waals surface area contributed by atoms with E-state index in [1.54, 1.807) is 0 Å². The molecule has 15 rings (SSSR count). The molecule has 2 heteroatoms. The third-order valence-corrected chi connectivity index (χ3v) is 18.8. The zero-order valence-corrected chi connectivity index (χ0v) is 46.6. The molecule has 2 nitrogen and oxygen atoms in total. The summed E-state index contributed by atoms with van der Waals surface area (Å²) in [5.41, 5.74) is 29.5. The average Bonchev–Trinajstić information content (AvgIpc) is 4.15. The maximum Gasteiger partial charge on any atom is 0.0582 e. The topological polar surface area (TPSA) is 8.17 Å². The molecular formula is C78H64N2. The minimum atomic E-state index is -0.222. The zero-order chi connectivity index (χ0) is 54.1. The Kier molecular flexibility index (Phi) is 10.9. The SMILES string of the molecule is CC1(C)c2cc(CCC(c3ccccc3)c3ccccc3)ccc2-c2ccc(-c3cc4c5c(c3)c3cc(-c6ccc7c(c6)C(C)(C)c6cc(N(c8ccccc8)c8ccccc8)ccc6-7)ccc3n5-c3ccccc3C4(C)C)cc21. The Bertz CT molecular complexity index is 4350. The van der Waals surface area contributed by atoms with E-state index in [4.69, 9.17) is 0 Å². The van der Waals surface area contributed by atoms with Crippen LogP contribution in [-0.4, -0.2) is 4.57 Å². The lowest BCUT2D eigenvalue weighted by molar-refractivity contribution is 0.630. The summed E-state index contributed by atoms with van der Waals surface area (Å²) in [6, 6.07) is 93.8. The first-order valence-electron chi connectivity index (χ1n) is 28.7. The number of anilines is 3. The Morgan fingerprint density at radius 2 is 0.800 bits per heavy atom. The van der Waals surface area contributed by atoms with Crippen LogP contribution in [0.3, 0.4) is 0 Å². The maximum atomic E-state index is 2.56. The van der Waals surface area contributed by atoms with Crippen molar-refractivity contribution in [3.05, 3.63) is 299 Å². The molecule has 80 heavy (non-hydrogen) atoms. The molecular weight excluding hydrogens is 965 g/mol. The molecule has 1 aliphatic heterocycles. The lowest BCUT2D eigenvalue weighted by Crippen LogP contribution is -2.26. The fourth-order valence-corrected chi connectivity index (χ4v) is 14.5. The molecule has 0 spiro atoms. The molecule has 0 saturated heterocycles. The quantitative estimate of drug-likeness (QED) is 0.133. The zero-order valence-electron chi connectivity index (χ0n) is 46.6. The molecule has 0 atom stereocenters. The van der Waals surface area contributed by atoms with Crippen molar-refractivity contribution in [2.75, 3.05) is 4.90 Å². The number of hydrogen-bond donors (Lipinski definition) is 0. The van der Waals surface area contributed by atoms with Gasteiger partial charge in [0.2, 0.25) is 0 Å². The van der Waals surface area contributed by atoms with E-state index in [9.17, 15) is 0 Å². The van der Waals surface area contributed by atoms with Crippen LogP contribution in [0.4, 0.5) is 17.1 Å². The van der Waals surface area contributed by atoms with Crippen LogP contribution in [0.25, 0.3) is 72.0 Å². The summed E-state index contributed by atoms with van der Waals surface area (Å²) in [6.45, 7) is 14.5. The number of benzene rings is 11. The van der Waals surface area contributed by atoms with Crippen molar-refractivity contribution < 1.29 is 0 Å². The molecule has 0 saturated carbocycles. The van der Waals surface area contributed by atoms with Gasteiger partial charge in [0.1, 0.15) is 0 Å². The van der Waals surface area contributed by atoms with E-state index in [-0.39, 0.29) is 16.2 Å². The van der Waals surface area contributed by atoms with Crippen LogP contribution in [-0.2, 0) is 22.7 Å². The predicted octanol–water partition coefficient (Wildman–Crippen LogP) is 20.6. The Hall–Kier alpha value is -8.98. The van der Waals surface area contributed by atoms with Crippen LogP contribution in [0.15, 0.2) is 249 Å². The maximum absolute atomic E-state index is 2.56. The number of para-hydroxylation sites is 3. The third-order valence-electron chi connectivity index (χ3n) is 18.8. The number of nitrogens with zero attached hydrogens (tertiary/aromatic N) is 2. The Morgan fingerprint density at radius 1 is 0.350 bits per heavy atom. The summed E-state index contributed by atoms with van der Waals surface area (Å²) < 4.78 is 2.56. The molecule has 11 aromatic carbocycles. The summed E-state index contributed by atoms with van der Waals surface area (Å²) in [5.74, 6) is 0.346. The molecule has 3 aliphatic rings. The van der Waals surface area contributed by atoms with E-state index in [1.807, 2.05) is 0 Å². The molecule has 386 valence electrons. The van der Waals surface area contributed by atoms with Crippen LogP contribution in [0.2, 0.25) is 0 Å². The Labute approximate surface area is 471 Å². The molecule has 12 aromatic rings. The number of rotatable bonds is 10. The van der Waals surface area contributed by atoms with Crippen molar-refractivity contribution >= 4 is 38.9 Å². The molecule has 0 unspecified atom stereocenters. The molecule has 0 fully saturated rings. The Balaban J connectivity index is 0.803. The van der Waals surface area contributed by atoms with Gasteiger partial charge in [-0.3, -0.25) is 0 Å². The van der Waals surface area contributed by atoms with Crippen molar-refractivity contribution in [3.8, 4) is 50.2 Å². The highest BCUT2D eigenvalue weighted by Gasteiger charge is 2.39. The van der Waals surface area contributed by atoms with E-state index in [2.05, 4.69) is 300 Å². The average molecular weight is 1030 g/mol. The second kappa shape index (κ2) is 18.0. The van der Waals surface area contributed by atoms with Gasteiger partial charge in [0.25, 0.3) is 0 Å². The van der Waals surface area contributed by atoms with E-state index in [0.29, 0.717) is 5.92 Å². The van der Waals surface area contributed by atoms with Crippen molar-refractivity contribution in [2.24, 2.45) is 0 Å². The molecule has 1 aromatic heterocycles. The van der Waals surface area contributed by atoms with E-state index in [1.165, 1.54) is 122 Å². The second-order valence-electron chi connectivity index (χ2n) is 24.4. The summed E-state index contributed by atoms with van der Waals surface area (Å²) in [5, 5.41) is 2.59. The summed E-state index contributed by atoms with van der Waals surface area (Å²) in [6.07, 6.45) is 2.07. The van der Waals surface area contributed by atoms with Crippen molar-refractivity contribution in [3.63, 3.8) is 0 Å². The summed E-state index contributed by atoms with van der Waals surface area (Å²) in [7, 11) is 0. The normalized spacial score (nSPS) is 14.6. The van der Waals surface area contributed by atoms with E-state index >= 15 is 0 Å². The third kappa shape index (κ3) is 7.38. The van der Waals surface area contributed by atoms with Crippen LogP contribution >= 0.6 is 0 Å². The van der Waals surface area contributed by atoms with E-state index in [0.717, 1.165) is 29.9 Å². The monoisotopic (exact) mass is 1030 g/mol. The molecule has 0 radical (unpaired) electrons. The fraction of sp³-hybridized carbons (Fsp3) is 0.154. The van der Waals surface area contributed by atoms with Gasteiger partial charge >= 0.3 is 0 Å². The van der Waals surface area contributed by atoms with Gasteiger partial charge in [0.05, 0.1) is 16.7 Å². The molecule has 0 N–H and O–H groups in total. The predicted molar refractivity (Wildman–Crippen MR) is 337 cm³/mol. The van der Waals surface area contributed by atoms with Gasteiger partial charge in [-0.25, -0.2) is 0 Å². The van der Waals surface area contributed by atoms with Crippen LogP contribution in [0, 0.1) is 0 Å². The van der Waals surface area contributed by atoms with Crippen molar-refractivity contribution in [1.82, 2.24) is 4.57 Å². The van der Waals surface area contributed by atoms with Crippen LogP contribution in [0.5, 0.6) is 0 Å². The molecule has 2 aliphatic carbocycles. The highest BCUT2D eigenvalue weighted by Crippen LogP contribution is 2.55. The highest BCUT2D eigenvalue weighted by molar-refractivity contribution is 6.14. The minimum Gasteiger partial charge on any atom is -0.310 e. The Morgan fingerprint density at radius 3 is 1.41 bits per heavy atom. The van der Waals surface area contributed by atoms with Gasteiger partial charge in [-0.1, -0.05) is 211 Å². The number of hydrogen-bond acceptors (Lipinski definition) is 1. The first-order chi connectivity index (χ1) is 38.9. The van der Waals surface area contributed by atoms with Gasteiger partial charge < -0.3 is 9.47 Å². The van der Waals surface area contributed by atoms with Gasteiger partial charge in [0, 0.05) is 50.0 Å². The second-order valence-corrected chi connectivity index (χ2v) is 24.4. The minimum absolute atomic E-state index is 0.158. The van der Waals surface area contributed by atoms with Crippen molar-refractivity contribution in [1.29, 1.82) is 0 Å². The van der Waals surface area contributed by atoms with Crippen molar-refractivity contribution in [2.45, 2.75) is 76.5 Å². The first kappa shape index (κ1) is 48.2. The molecule has 0 amide bonds. The van der Waals surface area contributed by atoms with Gasteiger partial charge in [-0.05, 0) is 186 Å². The number of aryl methyl sites for hydroxylation is 1. The number of aromatic nitrogens is 1. The smallest absolute Gasteiger partial charge is 0.0582 e. The van der Waals surface area contributed by atoms with Gasteiger partial charge in [0.15, 0.2) is 0 Å².